The number of nitrogens with one attached hydrogen (secondary N) is 1. The first-order valence-electron chi connectivity index (χ1n) is 8.79. The Bertz CT molecular complexity index is 562. The minimum Gasteiger partial charge on any atom is -0.478 e. The summed E-state index contributed by atoms with van der Waals surface area (Å²) in [5, 5.41) is 3.19. The second-order valence-corrected chi connectivity index (χ2v) is 7.42. The lowest BCUT2D eigenvalue weighted by molar-refractivity contribution is -0.167. The van der Waals surface area contributed by atoms with Crippen molar-refractivity contribution >= 4 is 11.7 Å². The van der Waals surface area contributed by atoms with Gasteiger partial charge in [0.2, 0.25) is 6.10 Å². The van der Waals surface area contributed by atoms with E-state index in [9.17, 15) is 4.79 Å². The molecule has 0 amide bonds. The molecule has 0 aromatic heterocycles. The van der Waals surface area contributed by atoms with Gasteiger partial charge in [0.1, 0.15) is 11.4 Å². The van der Waals surface area contributed by atoms with E-state index in [2.05, 4.69) is 12.2 Å². The van der Waals surface area contributed by atoms with Crippen LogP contribution >= 0.6 is 0 Å². The van der Waals surface area contributed by atoms with Crippen LogP contribution in [0.25, 0.3) is 0 Å². The summed E-state index contributed by atoms with van der Waals surface area (Å²) in [7, 11) is 0. The quantitative estimate of drug-likeness (QED) is 0.592. The molecule has 1 atom stereocenters. The summed E-state index contributed by atoms with van der Waals surface area (Å²) in [6.45, 7) is 9.27. The Hall–Kier alpha value is -1.75. The molecule has 1 aromatic rings. The molecule has 5 heteroatoms. The van der Waals surface area contributed by atoms with Crippen LogP contribution in [0.4, 0.5) is 5.69 Å². The lowest BCUT2D eigenvalue weighted by atomic mass is 9.95. The fraction of sp³-hybridized carbons (Fsp3) is 0.632. The smallest absolute Gasteiger partial charge is 0.348 e. The van der Waals surface area contributed by atoms with Crippen molar-refractivity contribution < 1.29 is 14.3 Å². The maximum Gasteiger partial charge on any atom is 0.348 e. The number of anilines is 1. The number of ether oxygens (including phenoxy) is 2. The Labute approximate surface area is 144 Å². The van der Waals surface area contributed by atoms with Gasteiger partial charge < -0.3 is 20.5 Å². The number of unbranched alkanes of at least 4 members (excludes halogenated alkanes) is 1. The maximum atomic E-state index is 12.6. The summed E-state index contributed by atoms with van der Waals surface area (Å²) in [5.41, 5.74) is 7.30. The SMILES string of the molecule is CCCCc1c(N)cccc1OC(C(=O)OC(C)(C)C)C1CNC1. The van der Waals surface area contributed by atoms with E-state index in [1.807, 2.05) is 39.0 Å². The largest absolute Gasteiger partial charge is 0.478 e. The van der Waals surface area contributed by atoms with Crippen molar-refractivity contribution in [2.45, 2.75) is 58.7 Å². The van der Waals surface area contributed by atoms with Gasteiger partial charge in [-0.1, -0.05) is 19.4 Å². The highest BCUT2D eigenvalue weighted by Crippen LogP contribution is 2.29. The van der Waals surface area contributed by atoms with Gasteiger partial charge in [-0.2, -0.15) is 0 Å². The van der Waals surface area contributed by atoms with Gasteiger partial charge in [0, 0.05) is 30.3 Å². The highest BCUT2D eigenvalue weighted by atomic mass is 16.6. The highest BCUT2D eigenvalue weighted by molar-refractivity contribution is 5.76. The zero-order valence-electron chi connectivity index (χ0n) is 15.2. The molecule has 1 fully saturated rings. The molecule has 134 valence electrons. The van der Waals surface area contributed by atoms with Gasteiger partial charge in [-0.25, -0.2) is 4.79 Å². The third-order valence-corrected chi connectivity index (χ3v) is 4.08. The maximum absolute atomic E-state index is 12.6. The van der Waals surface area contributed by atoms with E-state index in [0.29, 0.717) is 5.75 Å². The second-order valence-electron chi connectivity index (χ2n) is 7.42. The van der Waals surface area contributed by atoms with Crippen LogP contribution in [-0.2, 0) is 16.0 Å². The molecule has 0 aliphatic carbocycles. The average molecular weight is 334 g/mol. The molecule has 1 heterocycles. The molecule has 1 aliphatic heterocycles. The van der Waals surface area contributed by atoms with Gasteiger partial charge in [0.15, 0.2) is 0 Å². The Morgan fingerprint density at radius 3 is 2.62 bits per heavy atom. The molecular weight excluding hydrogens is 304 g/mol. The van der Waals surface area contributed by atoms with E-state index in [1.165, 1.54) is 0 Å². The molecule has 1 aromatic carbocycles. The van der Waals surface area contributed by atoms with E-state index in [1.54, 1.807) is 0 Å². The Morgan fingerprint density at radius 1 is 1.38 bits per heavy atom. The summed E-state index contributed by atoms with van der Waals surface area (Å²) in [6, 6.07) is 5.64. The summed E-state index contributed by atoms with van der Waals surface area (Å²) in [6.07, 6.45) is 2.36. The van der Waals surface area contributed by atoms with Crippen LogP contribution in [0.5, 0.6) is 5.75 Å². The first-order chi connectivity index (χ1) is 11.3. The van der Waals surface area contributed by atoms with Crippen molar-refractivity contribution in [3.05, 3.63) is 23.8 Å². The zero-order valence-corrected chi connectivity index (χ0v) is 15.2. The highest BCUT2D eigenvalue weighted by Gasteiger charge is 2.37. The topological polar surface area (TPSA) is 73.6 Å². The fourth-order valence-corrected chi connectivity index (χ4v) is 2.67. The van der Waals surface area contributed by atoms with Crippen molar-refractivity contribution in [2.75, 3.05) is 18.8 Å². The van der Waals surface area contributed by atoms with Gasteiger partial charge in [-0.15, -0.1) is 0 Å². The number of benzene rings is 1. The van der Waals surface area contributed by atoms with Gasteiger partial charge >= 0.3 is 5.97 Å². The molecule has 0 radical (unpaired) electrons. The third kappa shape index (κ3) is 4.87. The normalized spacial score (nSPS) is 16.3. The molecule has 24 heavy (non-hydrogen) atoms. The van der Waals surface area contributed by atoms with Crippen LogP contribution in [0.2, 0.25) is 0 Å². The molecule has 0 saturated carbocycles. The number of hydrogen-bond donors (Lipinski definition) is 2. The molecular formula is C19H30N2O3. The van der Waals surface area contributed by atoms with Crippen LogP contribution in [0.1, 0.15) is 46.1 Å². The Kier molecular flexibility index (Phi) is 6.10. The first kappa shape index (κ1) is 18.6. The lowest BCUT2D eigenvalue weighted by Crippen LogP contribution is -2.54. The van der Waals surface area contributed by atoms with Crippen LogP contribution in [0, 0.1) is 5.92 Å². The minimum absolute atomic E-state index is 0.125. The van der Waals surface area contributed by atoms with E-state index in [0.717, 1.165) is 43.6 Å². The second kappa shape index (κ2) is 7.88. The van der Waals surface area contributed by atoms with Crippen molar-refractivity contribution in [3.8, 4) is 5.75 Å². The third-order valence-electron chi connectivity index (χ3n) is 4.08. The van der Waals surface area contributed by atoms with Crippen molar-refractivity contribution in [2.24, 2.45) is 5.92 Å². The van der Waals surface area contributed by atoms with E-state index in [-0.39, 0.29) is 11.9 Å². The molecule has 1 aliphatic rings. The Morgan fingerprint density at radius 2 is 2.08 bits per heavy atom. The summed E-state index contributed by atoms with van der Waals surface area (Å²) in [4.78, 5) is 12.6. The minimum atomic E-state index is -0.604. The van der Waals surface area contributed by atoms with Crippen LogP contribution < -0.4 is 15.8 Å². The van der Waals surface area contributed by atoms with E-state index in [4.69, 9.17) is 15.2 Å². The molecule has 0 spiro atoms. The van der Waals surface area contributed by atoms with Crippen LogP contribution in [0.15, 0.2) is 18.2 Å². The molecule has 2 rings (SSSR count). The molecule has 1 unspecified atom stereocenters. The van der Waals surface area contributed by atoms with Gasteiger partial charge in [0.25, 0.3) is 0 Å². The number of carbonyl (C=O) groups is 1. The number of nitrogens with two attached hydrogens (primary N) is 1. The first-order valence-corrected chi connectivity index (χ1v) is 8.79. The summed E-state index contributed by atoms with van der Waals surface area (Å²) >= 11 is 0. The van der Waals surface area contributed by atoms with Crippen molar-refractivity contribution in [1.29, 1.82) is 0 Å². The van der Waals surface area contributed by atoms with Crippen LogP contribution in [0.3, 0.4) is 0 Å². The predicted octanol–water partition coefficient (Wildman–Crippen LogP) is 2.92. The number of hydrogen-bond acceptors (Lipinski definition) is 5. The number of esters is 1. The lowest BCUT2D eigenvalue weighted by Gasteiger charge is -2.35. The molecule has 5 nitrogen and oxygen atoms in total. The summed E-state index contributed by atoms with van der Waals surface area (Å²) in [5.74, 6) is 0.518. The summed E-state index contributed by atoms with van der Waals surface area (Å²) < 4.78 is 11.7. The molecule has 1 saturated heterocycles. The number of carbonyl (C=O) groups excluding carboxylic acids is 1. The van der Waals surface area contributed by atoms with Gasteiger partial charge in [-0.3, -0.25) is 0 Å². The zero-order chi connectivity index (χ0) is 17.7. The van der Waals surface area contributed by atoms with Crippen molar-refractivity contribution in [1.82, 2.24) is 5.32 Å². The standard InChI is InChI=1S/C19H30N2O3/c1-5-6-8-14-15(20)9-7-10-16(14)23-17(13-11-21-12-13)18(22)24-19(2,3)4/h7,9-10,13,17,21H,5-6,8,11-12,20H2,1-4H3. The number of nitrogen functional groups attached to an aromatic ring is 1. The monoisotopic (exact) mass is 334 g/mol. The van der Waals surface area contributed by atoms with Gasteiger partial charge in [-0.05, 0) is 45.7 Å². The average Bonchev–Trinajstić information content (AvgIpc) is 2.42. The molecule has 0 bridgehead atoms. The number of rotatable bonds is 7. The van der Waals surface area contributed by atoms with Crippen LogP contribution in [-0.4, -0.2) is 30.8 Å². The molecule has 3 N–H and O–H groups in total. The predicted molar refractivity (Wildman–Crippen MR) is 96.1 cm³/mol. The van der Waals surface area contributed by atoms with Crippen molar-refractivity contribution in [3.63, 3.8) is 0 Å². The fourth-order valence-electron chi connectivity index (χ4n) is 2.67. The van der Waals surface area contributed by atoms with E-state index < -0.39 is 11.7 Å². The van der Waals surface area contributed by atoms with E-state index >= 15 is 0 Å². The van der Waals surface area contributed by atoms with Gasteiger partial charge in [0.05, 0.1) is 0 Å². The Balaban J connectivity index is 2.20.